The molecule has 0 radical (unpaired) electrons. The summed E-state index contributed by atoms with van der Waals surface area (Å²) in [5, 5.41) is 13.6. The van der Waals surface area contributed by atoms with Crippen molar-refractivity contribution in [2.45, 2.75) is 13.8 Å². The lowest BCUT2D eigenvalue weighted by atomic mass is 10.1. The lowest BCUT2D eigenvalue weighted by Crippen LogP contribution is -2.03. The molecule has 98 valence electrons. The molecule has 0 saturated carbocycles. The van der Waals surface area contributed by atoms with E-state index in [9.17, 15) is 9.90 Å². The van der Waals surface area contributed by atoms with Crippen molar-refractivity contribution in [2.75, 3.05) is 6.61 Å². The number of aryl methyl sites for hydroxylation is 1. The Bertz CT molecular complexity index is 699. The number of carbonyl (C=O) groups excluding carboxylic acids is 1. The molecule has 1 heterocycles. The molecular weight excluding hydrogens is 250 g/mol. The van der Waals surface area contributed by atoms with Gasteiger partial charge in [0, 0.05) is 4.91 Å². The molecule has 0 aliphatic carbocycles. The van der Waals surface area contributed by atoms with Crippen LogP contribution in [-0.2, 0) is 4.74 Å². The van der Waals surface area contributed by atoms with E-state index in [0.29, 0.717) is 5.56 Å². The number of phenols is 1. The van der Waals surface area contributed by atoms with E-state index >= 15 is 0 Å². The molecule has 0 fully saturated rings. The third kappa shape index (κ3) is 2.07. The monoisotopic (exact) mass is 261 g/mol. The Morgan fingerprint density at radius 1 is 1.58 bits per heavy atom. The molecule has 0 aliphatic rings. The van der Waals surface area contributed by atoms with Crippen molar-refractivity contribution in [1.29, 1.82) is 0 Å². The Kier molecular flexibility index (Phi) is 3.31. The van der Waals surface area contributed by atoms with Crippen LogP contribution in [0, 0.1) is 6.92 Å². The third-order valence-corrected chi connectivity index (χ3v) is 2.61. The van der Waals surface area contributed by atoms with Crippen molar-refractivity contribution < 1.29 is 19.1 Å². The van der Waals surface area contributed by atoms with Gasteiger partial charge in [-0.15, -0.1) is 0 Å². The molecule has 1 aromatic heterocycles. The van der Waals surface area contributed by atoms with E-state index in [4.69, 9.17) is 14.7 Å². The Morgan fingerprint density at radius 3 is 2.95 bits per heavy atom. The fraction of sp³-hybridized carbons (Fsp3) is 0.250. The average molecular weight is 261 g/mol. The standard InChI is InChI=1S/C12H11N3O4/c1-3-18-12(17)11-9(14-15-13)8-7(19-11)5-4-6(2)10(8)16/h4-5,16H,3H2,1-2H3. The van der Waals surface area contributed by atoms with Crippen molar-refractivity contribution in [3.05, 3.63) is 33.9 Å². The molecule has 7 nitrogen and oxygen atoms in total. The van der Waals surface area contributed by atoms with Crippen molar-refractivity contribution in [3.8, 4) is 5.75 Å². The minimum absolute atomic E-state index is 0.0582. The smallest absolute Gasteiger partial charge is 0.374 e. The number of phenolic OH excluding ortho intramolecular Hbond substituents is 1. The van der Waals surface area contributed by atoms with Crippen LogP contribution in [0.3, 0.4) is 0 Å². The van der Waals surface area contributed by atoms with Gasteiger partial charge < -0.3 is 14.3 Å². The van der Waals surface area contributed by atoms with Crippen LogP contribution in [0.4, 0.5) is 5.69 Å². The molecule has 0 amide bonds. The van der Waals surface area contributed by atoms with E-state index in [-0.39, 0.29) is 34.8 Å². The summed E-state index contributed by atoms with van der Waals surface area (Å²) in [7, 11) is 0. The summed E-state index contributed by atoms with van der Waals surface area (Å²) in [5.74, 6) is -1.03. The van der Waals surface area contributed by atoms with Crippen molar-refractivity contribution in [3.63, 3.8) is 0 Å². The number of benzene rings is 1. The van der Waals surface area contributed by atoms with Gasteiger partial charge in [-0.05, 0) is 31.0 Å². The number of hydrogen-bond acceptors (Lipinski definition) is 5. The largest absolute Gasteiger partial charge is 0.507 e. The normalized spacial score (nSPS) is 10.2. The third-order valence-electron chi connectivity index (χ3n) is 2.61. The molecule has 0 unspecified atom stereocenters. The van der Waals surface area contributed by atoms with Crippen LogP contribution in [0.2, 0.25) is 0 Å². The molecule has 1 N–H and O–H groups in total. The molecule has 0 bridgehead atoms. The lowest BCUT2D eigenvalue weighted by molar-refractivity contribution is 0.0494. The predicted molar refractivity (Wildman–Crippen MR) is 67.4 cm³/mol. The highest BCUT2D eigenvalue weighted by atomic mass is 16.5. The van der Waals surface area contributed by atoms with E-state index in [1.807, 2.05) is 0 Å². The zero-order valence-electron chi connectivity index (χ0n) is 10.4. The molecule has 2 aromatic rings. The van der Waals surface area contributed by atoms with E-state index in [1.165, 1.54) is 0 Å². The van der Waals surface area contributed by atoms with Gasteiger partial charge in [0.2, 0.25) is 5.76 Å². The van der Waals surface area contributed by atoms with Gasteiger partial charge >= 0.3 is 5.97 Å². The lowest BCUT2D eigenvalue weighted by Gasteiger charge is -1.99. The zero-order chi connectivity index (χ0) is 14.0. The highest BCUT2D eigenvalue weighted by molar-refractivity contribution is 6.05. The van der Waals surface area contributed by atoms with Crippen LogP contribution in [0.5, 0.6) is 5.75 Å². The van der Waals surface area contributed by atoms with E-state index < -0.39 is 5.97 Å². The van der Waals surface area contributed by atoms with Gasteiger partial charge in [-0.25, -0.2) is 4.79 Å². The van der Waals surface area contributed by atoms with Gasteiger partial charge in [-0.3, -0.25) is 0 Å². The van der Waals surface area contributed by atoms with Crippen molar-refractivity contribution in [1.82, 2.24) is 0 Å². The number of furan rings is 1. The summed E-state index contributed by atoms with van der Waals surface area (Å²) in [6.45, 7) is 3.50. The van der Waals surface area contributed by atoms with Gasteiger partial charge in [0.1, 0.15) is 17.0 Å². The first-order valence-electron chi connectivity index (χ1n) is 5.57. The maximum Gasteiger partial charge on any atom is 0.374 e. The highest BCUT2D eigenvalue weighted by Crippen LogP contribution is 2.41. The predicted octanol–water partition coefficient (Wildman–Crippen LogP) is 3.57. The van der Waals surface area contributed by atoms with Crippen LogP contribution in [0.1, 0.15) is 23.0 Å². The summed E-state index contributed by atoms with van der Waals surface area (Å²) < 4.78 is 10.1. The number of ether oxygens (including phenoxy) is 1. The summed E-state index contributed by atoms with van der Waals surface area (Å²) in [5.41, 5.74) is 9.36. The van der Waals surface area contributed by atoms with E-state index in [2.05, 4.69) is 10.0 Å². The molecule has 2 rings (SSSR count). The molecule has 19 heavy (non-hydrogen) atoms. The number of azide groups is 1. The van der Waals surface area contributed by atoms with Gasteiger partial charge in [0.05, 0.1) is 12.0 Å². The highest BCUT2D eigenvalue weighted by Gasteiger charge is 2.23. The van der Waals surface area contributed by atoms with Gasteiger partial charge in [0.15, 0.2) is 0 Å². The minimum Gasteiger partial charge on any atom is -0.507 e. The fourth-order valence-corrected chi connectivity index (χ4v) is 1.74. The summed E-state index contributed by atoms with van der Waals surface area (Å²) >= 11 is 0. The van der Waals surface area contributed by atoms with Gasteiger partial charge in [0.25, 0.3) is 0 Å². The fourth-order valence-electron chi connectivity index (χ4n) is 1.74. The Morgan fingerprint density at radius 2 is 2.32 bits per heavy atom. The van der Waals surface area contributed by atoms with E-state index in [1.54, 1.807) is 26.0 Å². The first-order valence-corrected chi connectivity index (χ1v) is 5.57. The quantitative estimate of drug-likeness (QED) is 0.394. The van der Waals surface area contributed by atoms with Crippen molar-refractivity contribution >= 4 is 22.6 Å². The number of rotatable bonds is 3. The zero-order valence-corrected chi connectivity index (χ0v) is 10.4. The number of nitrogens with zero attached hydrogens (tertiary/aromatic N) is 3. The Labute approximate surface area is 108 Å². The van der Waals surface area contributed by atoms with Crippen LogP contribution < -0.4 is 0 Å². The van der Waals surface area contributed by atoms with Gasteiger partial charge in [-0.1, -0.05) is 11.2 Å². The molecule has 0 spiro atoms. The van der Waals surface area contributed by atoms with Gasteiger partial charge in [-0.2, -0.15) is 0 Å². The molecule has 0 aliphatic heterocycles. The molecule has 0 saturated heterocycles. The van der Waals surface area contributed by atoms with Crippen LogP contribution in [-0.4, -0.2) is 17.7 Å². The molecule has 0 atom stereocenters. The molecule has 7 heteroatoms. The second-order valence-corrected chi connectivity index (χ2v) is 3.79. The number of hydrogen-bond donors (Lipinski definition) is 1. The SMILES string of the molecule is CCOC(=O)c1oc2ccc(C)c(O)c2c1N=[N+]=[N-]. The maximum atomic E-state index is 11.7. The van der Waals surface area contributed by atoms with Crippen molar-refractivity contribution in [2.24, 2.45) is 5.11 Å². The molecule has 1 aromatic carbocycles. The number of carbonyl (C=O) groups is 1. The Balaban J connectivity index is 2.78. The first-order chi connectivity index (χ1) is 9.10. The summed E-state index contributed by atoms with van der Waals surface area (Å²) in [4.78, 5) is 14.4. The van der Waals surface area contributed by atoms with Crippen LogP contribution in [0.25, 0.3) is 21.4 Å². The number of fused-ring (bicyclic) bond motifs is 1. The van der Waals surface area contributed by atoms with Crippen LogP contribution >= 0.6 is 0 Å². The minimum atomic E-state index is -0.738. The van der Waals surface area contributed by atoms with Crippen LogP contribution in [0.15, 0.2) is 21.7 Å². The summed E-state index contributed by atoms with van der Waals surface area (Å²) in [6.07, 6.45) is 0. The topological polar surface area (TPSA) is 108 Å². The average Bonchev–Trinajstić information content (AvgIpc) is 2.74. The number of aromatic hydroxyl groups is 1. The molecular formula is C12H11N3O4. The van der Waals surface area contributed by atoms with E-state index in [0.717, 1.165) is 0 Å². The number of esters is 1. The maximum absolute atomic E-state index is 11.7. The second kappa shape index (κ2) is 4.91. The summed E-state index contributed by atoms with van der Waals surface area (Å²) in [6, 6.07) is 3.22. The first kappa shape index (κ1) is 12.8. The Hall–Kier alpha value is -2.66. The second-order valence-electron chi connectivity index (χ2n) is 3.79.